The van der Waals surface area contributed by atoms with Gasteiger partial charge in [0.1, 0.15) is 0 Å². The molecule has 1 aliphatic rings. The highest BCUT2D eigenvalue weighted by atomic mass is 32.1. The van der Waals surface area contributed by atoms with E-state index in [1.165, 1.54) is 12.0 Å². The first kappa shape index (κ1) is 18.7. The van der Waals surface area contributed by atoms with Crippen LogP contribution in [0.2, 0.25) is 0 Å². The maximum absolute atomic E-state index is 12.1. The number of esters is 1. The molecule has 0 bridgehead atoms. The van der Waals surface area contributed by atoms with E-state index in [1.807, 2.05) is 4.90 Å². The van der Waals surface area contributed by atoms with Gasteiger partial charge in [-0.2, -0.15) is 0 Å². The molecular formula is C17H27N3O3S. The molecule has 2 amide bonds. The van der Waals surface area contributed by atoms with Crippen molar-refractivity contribution < 1.29 is 14.3 Å². The van der Waals surface area contributed by atoms with Crippen molar-refractivity contribution in [2.75, 3.05) is 46.4 Å². The van der Waals surface area contributed by atoms with Gasteiger partial charge in [-0.05, 0) is 30.7 Å². The number of ether oxygens (including phenoxy) is 1. The van der Waals surface area contributed by atoms with Crippen LogP contribution < -0.4 is 5.32 Å². The number of piperazine rings is 1. The minimum Gasteiger partial charge on any atom is -0.469 e. The third-order valence-corrected chi connectivity index (χ3v) is 5.16. The van der Waals surface area contributed by atoms with Crippen molar-refractivity contribution in [3.05, 3.63) is 22.4 Å². The molecule has 24 heavy (non-hydrogen) atoms. The van der Waals surface area contributed by atoms with E-state index < -0.39 is 0 Å². The van der Waals surface area contributed by atoms with Gasteiger partial charge in [-0.25, -0.2) is 4.79 Å². The lowest BCUT2D eigenvalue weighted by molar-refractivity contribution is -0.140. The summed E-state index contributed by atoms with van der Waals surface area (Å²) in [5, 5.41) is 5.05. The lowest BCUT2D eigenvalue weighted by Gasteiger charge is -2.34. The second kappa shape index (κ2) is 10.3. The number of amides is 2. The molecule has 2 heterocycles. The van der Waals surface area contributed by atoms with Gasteiger partial charge in [0.15, 0.2) is 0 Å². The fourth-order valence-corrected chi connectivity index (χ4v) is 3.40. The lowest BCUT2D eigenvalue weighted by Crippen LogP contribution is -2.52. The number of nitrogens with zero attached hydrogens (tertiary/aromatic N) is 2. The Labute approximate surface area is 147 Å². The van der Waals surface area contributed by atoms with Crippen LogP contribution in [0.3, 0.4) is 0 Å². The quantitative estimate of drug-likeness (QED) is 0.573. The van der Waals surface area contributed by atoms with Crippen molar-refractivity contribution >= 4 is 23.3 Å². The van der Waals surface area contributed by atoms with Gasteiger partial charge < -0.3 is 15.0 Å². The van der Waals surface area contributed by atoms with Crippen LogP contribution in [0.15, 0.2) is 17.5 Å². The van der Waals surface area contributed by atoms with Gasteiger partial charge in [-0.15, -0.1) is 11.3 Å². The highest BCUT2D eigenvalue weighted by molar-refractivity contribution is 7.09. The van der Waals surface area contributed by atoms with Crippen LogP contribution in [0.25, 0.3) is 0 Å². The molecule has 6 nitrogen and oxygen atoms in total. The van der Waals surface area contributed by atoms with Crippen LogP contribution in [0.4, 0.5) is 4.79 Å². The zero-order chi connectivity index (χ0) is 17.2. The highest BCUT2D eigenvalue weighted by Gasteiger charge is 2.20. The fourth-order valence-electron chi connectivity index (χ4n) is 2.70. The summed E-state index contributed by atoms with van der Waals surface area (Å²) in [4.78, 5) is 28.8. The first-order valence-electron chi connectivity index (χ1n) is 8.53. The Balaban J connectivity index is 1.54. The molecule has 7 heteroatoms. The average molecular weight is 353 g/mol. The Bertz CT molecular complexity index is 499. The summed E-state index contributed by atoms with van der Waals surface area (Å²) < 4.78 is 4.59. The lowest BCUT2D eigenvalue weighted by atomic mass is 10.2. The van der Waals surface area contributed by atoms with Gasteiger partial charge in [-0.1, -0.05) is 6.07 Å². The van der Waals surface area contributed by atoms with Crippen molar-refractivity contribution in [1.29, 1.82) is 0 Å². The van der Waals surface area contributed by atoms with Gasteiger partial charge in [0.2, 0.25) is 0 Å². The Morgan fingerprint density at radius 2 is 2.04 bits per heavy atom. The number of hydrogen-bond acceptors (Lipinski definition) is 5. The van der Waals surface area contributed by atoms with Crippen molar-refractivity contribution in [2.24, 2.45) is 0 Å². The van der Waals surface area contributed by atoms with E-state index in [-0.39, 0.29) is 12.0 Å². The molecule has 1 aromatic rings. The fraction of sp³-hybridized carbons (Fsp3) is 0.647. The minimum atomic E-state index is -0.194. The molecule has 0 unspecified atom stereocenters. The van der Waals surface area contributed by atoms with E-state index in [4.69, 9.17) is 0 Å². The predicted molar refractivity (Wildman–Crippen MR) is 95.3 cm³/mol. The molecule has 0 aliphatic carbocycles. The van der Waals surface area contributed by atoms with Gasteiger partial charge in [0, 0.05) is 50.6 Å². The molecular weight excluding hydrogens is 326 g/mol. The maximum Gasteiger partial charge on any atom is 0.317 e. The van der Waals surface area contributed by atoms with E-state index in [0.717, 1.165) is 52.0 Å². The zero-order valence-electron chi connectivity index (χ0n) is 14.3. The van der Waals surface area contributed by atoms with Gasteiger partial charge >= 0.3 is 12.0 Å². The zero-order valence-corrected chi connectivity index (χ0v) is 15.1. The van der Waals surface area contributed by atoms with Gasteiger partial charge in [0.05, 0.1) is 7.11 Å². The SMILES string of the molecule is COC(=O)CCCCNC(=O)N1CCN(CCc2cccs2)CC1. The van der Waals surface area contributed by atoms with Crippen molar-refractivity contribution in [1.82, 2.24) is 15.1 Å². The molecule has 0 spiro atoms. The molecule has 2 rings (SSSR count). The predicted octanol–water partition coefficient (Wildman–Crippen LogP) is 1.96. The number of nitrogens with one attached hydrogen (secondary N) is 1. The monoisotopic (exact) mass is 353 g/mol. The normalized spacial score (nSPS) is 15.3. The average Bonchev–Trinajstić information content (AvgIpc) is 3.13. The van der Waals surface area contributed by atoms with E-state index in [0.29, 0.717) is 13.0 Å². The number of carbonyl (C=O) groups excluding carboxylic acids is 2. The topological polar surface area (TPSA) is 61.9 Å². The summed E-state index contributed by atoms with van der Waals surface area (Å²) in [5.74, 6) is -0.194. The smallest absolute Gasteiger partial charge is 0.317 e. The van der Waals surface area contributed by atoms with E-state index in [1.54, 1.807) is 11.3 Å². The second-order valence-corrected chi connectivity index (χ2v) is 6.96. The number of unbranched alkanes of at least 4 members (excludes halogenated alkanes) is 1. The highest BCUT2D eigenvalue weighted by Crippen LogP contribution is 2.11. The van der Waals surface area contributed by atoms with Crippen LogP contribution in [0.1, 0.15) is 24.1 Å². The van der Waals surface area contributed by atoms with Crippen LogP contribution in [0, 0.1) is 0 Å². The summed E-state index contributed by atoms with van der Waals surface area (Å²) in [7, 11) is 1.39. The maximum atomic E-state index is 12.1. The Kier molecular flexibility index (Phi) is 8.04. The number of methoxy groups -OCH3 is 1. The molecule has 1 aliphatic heterocycles. The van der Waals surface area contributed by atoms with Crippen LogP contribution in [-0.4, -0.2) is 68.2 Å². The molecule has 1 saturated heterocycles. The standard InChI is InChI=1S/C17H27N3O3S/c1-23-16(21)6-2-3-8-18-17(22)20-12-10-19(11-13-20)9-7-15-5-4-14-24-15/h4-5,14H,2-3,6-13H2,1H3,(H,18,22). The summed E-state index contributed by atoms with van der Waals surface area (Å²) in [6.45, 7) is 5.08. The summed E-state index contributed by atoms with van der Waals surface area (Å²) in [6, 6.07) is 4.27. The third-order valence-electron chi connectivity index (χ3n) is 4.23. The van der Waals surface area contributed by atoms with E-state index >= 15 is 0 Å². The number of hydrogen-bond donors (Lipinski definition) is 1. The van der Waals surface area contributed by atoms with Crippen LogP contribution in [0.5, 0.6) is 0 Å². The summed E-state index contributed by atoms with van der Waals surface area (Å²) in [6.07, 6.45) is 3.03. The number of rotatable bonds is 8. The van der Waals surface area contributed by atoms with E-state index in [9.17, 15) is 9.59 Å². The Morgan fingerprint density at radius 1 is 1.25 bits per heavy atom. The van der Waals surface area contributed by atoms with Crippen molar-refractivity contribution in [2.45, 2.75) is 25.7 Å². The number of urea groups is 1. The molecule has 0 atom stereocenters. The largest absolute Gasteiger partial charge is 0.469 e. The number of carbonyl (C=O) groups is 2. The van der Waals surface area contributed by atoms with Gasteiger partial charge in [-0.3, -0.25) is 9.69 Å². The first-order chi connectivity index (χ1) is 11.7. The van der Waals surface area contributed by atoms with Crippen molar-refractivity contribution in [3.63, 3.8) is 0 Å². The Hall–Kier alpha value is -1.60. The van der Waals surface area contributed by atoms with Crippen LogP contribution >= 0.6 is 11.3 Å². The molecule has 0 saturated carbocycles. The molecule has 1 aromatic heterocycles. The Morgan fingerprint density at radius 3 is 2.71 bits per heavy atom. The molecule has 134 valence electrons. The molecule has 0 aromatic carbocycles. The van der Waals surface area contributed by atoms with E-state index in [2.05, 4.69) is 32.5 Å². The van der Waals surface area contributed by atoms with Gasteiger partial charge in [0.25, 0.3) is 0 Å². The molecule has 1 N–H and O–H groups in total. The van der Waals surface area contributed by atoms with Crippen molar-refractivity contribution in [3.8, 4) is 0 Å². The number of thiophene rings is 1. The molecule has 1 fully saturated rings. The minimum absolute atomic E-state index is 0.00553. The second-order valence-electron chi connectivity index (χ2n) is 5.92. The molecule has 0 radical (unpaired) electrons. The van der Waals surface area contributed by atoms with Crippen LogP contribution in [-0.2, 0) is 16.0 Å². The first-order valence-corrected chi connectivity index (χ1v) is 9.41. The summed E-state index contributed by atoms with van der Waals surface area (Å²) in [5.41, 5.74) is 0. The summed E-state index contributed by atoms with van der Waals surface area (Å²) >= 11 is 1.80. The third kappa shape index (κ3) is 6.49.